The highest BCUT2D eigenvalue weighted by atomic mass is 19.4. The summed E-state index contributed by atoms with van der Waals surface area (Å²) >= 11 is 0. The van der Waals surface area contributed by atoms with E-state index in [4.69, 9.17) is 14.2 Å². The van der Waals surface area contributed by atoms with E-state index in [9.17, 15) is 47.7 Å². The van der Waals surface area contributed by atoms with E-state index < -0.39 is 66.5 Å². The van der Waals surface area contributed by atoms with E-state index in [1.54, 1.807) is 18.3 Å². The van der Waals surface area contributed by atoms with Gasteiger partial charge in [0.1, 0.15) is 29.3 Å². The number of hydrogen-bond donors (Lipinski definition) is 4. The van der Waals surface area contributed by atoms with Crippen LogP contribution in [0.4, 0.5) is 13.2 Å². The van der Waals surface area contributed by atoms with Crippen molar-refractivity contribution in [2.24, 2.45) is 0 Å². The predicted octanol–water partition coefficient (Wildman–Crippen LogP) is 2.81. The van der Waals surface area contributed by atoms with Crippen molar-refractivity contribution in [1.82, 2.24) is 10.2 Å². The third-order valence-electron chi connectivity index (χ3n) is 8.71. The van der Waals surface area contributed by atoms with Crippen molar-refractivity contribution >= 4 is 29.0 Å². The summed E-state index contributed by atoms with van der Waals surface area (Å²) < 4.78 is 55.0. The van der Waals surface area contributed by atoms with Gasteiger partial charge in [0.15, 0.2) is 5.78 Å². The van der Waals surface area contributed by atoms with E-state index >= 15 is 0 Å². The average Bonchev–Trinajstić information content (AvgIpc) is 3.32. The molecule has 1 unspecified atom stereocenters. The van der Waals surface area contributed by atoms with Gasteiger partial charge in [0.25, 0.3) is 0 Å². The van der Waals surface area contributed by atoms with E-state index in [-0.39, 0.29) is 77.3 Å². The second-order valence-corrected chi connectivity index (χ2v) is 12.0. The highest BCUT2D eigenvalue weighted by Crippen LogP contribution is 2.52. The van der Waals surface area contributed by atoms with Gasteiger partial charge >= 0.3 is 18.1 Å². The fraction of sp³-hybridized carbons (Fsp3) is 0.438. The fourth-order valence-corrected chi connectivity index (χ4v) is 6.54. The number of alkyl halides is 3. The molecule has 0 aromatic heterocycles. The number of allylic oxidation sites excluding steroid dienone is 2. The summed E-state index contributed by atoms with van der Waals surface area (Å²) in [5.41, 5.74) is 0.356. The molecule has 0 bridgehead atoms. The third kappa shape index (κ3) is 5.61. The van der Waals surface area contributed by atoms with E-state index in [0.29, 0.717) is 5.56 Å². The molecule has 3 aliphatic heterocycles. The molecule has 4 N–H and O–H groups in total. The maximum absolute atomic E-state index is 14.5. The summed E-state index contributed by atoms with van der Waals surface area (Å²) in [5, 5.41) is 33.2. The maximum Gasteiger partial charge on any atom is 0.471 e. The minimum Gasteiger partial charge on any atom is -0.507 e. The van der Waals surface area contributed by atoms with Crippen LogP contribution < -0.4 is 10.1 Å². The molecule has 2 saturated heterocycles. The number of benzene rings is 2. The monoisotopic (exact) mass is 660 g/mol. The highest BCUT2D eigenvalue weighted by Gasteiger charge is 2.54. The van der Waals surface area contributed by atoms with Crippen molar-refractivity contribution in [3.05, 3.63) is 63.8 Å². The van der Waals surface area contributed by atoms with Crippen LogP contribution in [0.3, 0.4) is 0 Å². The summed E-state index contributed by atoms with van der Waals surface area (Å²) in [6.45, 7) is 2.92. The lowest BCUT2D eigenvalue weighted by Crippen LogP contribution is -2.48. The van der Waals surface area contributed by atoms with Crippen LogP contribution in [0.5, 0.6) is 11.5 Å². The Hall–Kier alpha value is -4.47. The van der Waals surface area contributed by atoms with Gasteiger partial charge in [-0.2, -0.15) is 13.2 Å². The van der Waals surface area contributed by atoms with Crippen LogP contribution >= 0.6 is 0 Å². The molecule has 12 nitrogen and oxygen atoms in total. The quantitative estimate of drug-likeness (QED) is 0.254. The lowest BCUT2D eigenvalue weighted by molar-refractivity contribution is -0.216. The lowest BCUT2D eigenvalue weighted by atomic mass is 9.78. The molecule has 15 heteroatoms. The summed E-state index contributed by atoms with van der Waals surface area (Å²) in [7, 11) is 0. The Bertz CT molecular complexity index is 1690. The molecule has 4 aliphatic rings. The van der Waals surface area contributed by atoms with Crippen molar-refractivity contribution in [2.75, 3.05) is 6.54 Å². The van der Waals surface area contributed by atoms with Gasteiger partial charge in [0.05, 0.1) is 23.3 Å². The van der Waals surface area contributed by atoms with Gasteiger partial charge in [0.2, 0.25) is 18.3 Å². The average molecular weight is 661 g/mol. The van der Waals surface area contributed by atoms with Crippen molar-refractivity contribution in [3.63, 3.8) is 0 Å². The summed E-state index contributed by atoms with van der Waals surface area (Å²) in [4.78, 5) is 54.6. The van der Waals surface area contributed by atoms with Gasteiger partial charge in [-0.25, -0.2) is 4.79 Å². The first-order valence-corrected chi connectivity index (χ1v) is 15.0. The predicted molar refractivity (Wildman–Crippen MR) is 154 cm³/mol. The number of rotatable bonds is 7. The van der Waals surface area contributed by atoms with Crippen LogP contribution in [0.25, 0.3) is 5.57 Å². The Morgan fingerprint density at radius 2 is 1.85 bits per heavy atom. The summed E-state index contributed by atoms with van der Waals surface area (Å²) in [6.07, 6.45) is -10.4. The number of hydrogen-bond acceptors (Lipinski definition) is 11. The molecule has 2 fully saturated rings. The van der Waals surface area contributed by atoms with Crippen LogP contribution in [0.2, 0.25) is 0 Å². The molecule has 0 radical (unpaired) electrons. The topological polar surface area (TPSA) is 172 Å². The van der Waals surface area contributed by atoms with Crippen molar-refractivity contribution in [3.8, 4) is 11.5 Å². The SMILES string of the molecule is Cc1cc(O)c2c(c1)C1OC(=O)[C@H](CCCCNC(=O)C(F)(F)F)N1C1=C2C(=O)c2cccc(O[C@H]3C[C@@H](O)[C@@H](O)[C@H](C)O3)c2C1=O. The van der Waals surface area contributed by atoms with E-state index in [1.807, 2.05) is 0 Å². The zero-order valence-corrected chi connectivity index (χ0v) is 25.2. The number of aliphatic hydroxyl groups is 2. The second kappa shape index (κ2) is 12.0. The largest absolute Gasteiger partial charge is 0.507 e. The number of amides is 1. The summed E-state index contributed by atoms with van der Waals surface area (Å²) in [5.74, 6) is -4.54. The molecule has 1 aliphatic carbocycles. The van der Waals surface area contributed by atoms with Crippen LogP contribution in [-0.4, -0.2) is 87.0 Å². The molecule has 0 saturated carbocycles. The van der Waals surface area contributed by atoms with Crippen molar-refractivity contribution < 1.29 is 61.9 Å². The van der Waals surface area contributed by atoms with Gasteiger partial charge in [-0.05, 0) is 56.9 Å². The number of fused-ring (bicyclic) bond motifs is 6. The number of aryl methyl sites for hydroxylation is 1. The van der Waals surface area contributed by atoms with Crippen LogP contribution in [-0.2, 0) is 19.1 Å². The molecular formula is C32H31F3N2O10. The second-order valence-electron chi connectivity index (χ2n) is 12.0. The van der Waals surface area contributed by atoms with Gasteiger partial charge in [-0.3, -0.25) is 14.4 Å². The number of ketones is 2. The molecule has 250 valence electrons. The number of aliphatic hydroxyl groups excluding tert-OH is 2. The van der Waals surface area contributed by atoms with Crippen molar-refractivity contribution in [2.45, 2.75) is 82.6 Å². The number of halogens is 3. The number of nitrogens with one attached hydrogen (secondary N) is 1. The van der Waals surface area contributed by atoms with Gasteiger partial charge in [-0.1, -0.05) is 12.1 Å². The molecular weight excluding hydrogens is 629 g/mol. The Labute approximate surface area is 265 Å². The Balaban J connectivity index is 1.36. The standard InChI is InChI=1S/C32H31F3N2O10/c1-13-10-16-22(18(38)11-13)24-25(37-17(30(43)47-29(16)37)7-3-4-9-36-31(44)32(33,34)35)28(42)23-15(27(24)41)6-5-8-20(23)46-21-12-19(39)26(40)14(2)45-21/h5-6,8,10-11,14,17,19,21,26,29,38-40H,3-4,7,9,12H2,1-2H3,(H,36,44)/t14-,17-,19+,21-,26-,29?/m0/s1. The van der Waals surface area contributed by atoms with Gasteiger partial charge < -0.3 is 39.7 Å². The smallest absolute Gasteiger partial charge is 0.471 e. The minimum absolute atomic E-state index is 0.00161. The van der Waals surface area contributed by atoms with Crippen LogP contribution in [0.1, 0.15) is 76.2 Å². The van der Waals surface area contributed by atoms with Crippen molar-refractivity contribution in [1.29, 1.82) is 0 Å². The Morgan fingerprint density at radius 3 is 2.55 bits per heavy atom. The molecule has 0 spiro atoms. The number of unbranched alkanes of at least 4 members (excludes halogenated alkanes) is 1. The summed E-state index contributed by atoms with van der Waals surface area (Å²) in [6, 6.07) is 6.26. The molecule has 6 rings (SSSR count). The number of aromatic hydroxyl groups is 1. The highest BCUT2D eigenvalue weighted by molar-refractivity contribution is 6.41. The minimum atomic E-state index is -5.04. The molecule has 47 heavy (non-hydrogen) atoms. The number of Topliss-reactive ketones (excluding diaryl/α,β-unsaturated/α-hetero) is 2. The lowest BCUT2D eigenvalue weighted by Gasteiger charge is -2.39. The van der Waals surface area contributed by atoms with Gasteiger partial charge in [0, 0.05) is 29.7 Å². The molecule has 6 atom stereocenters. The number of phenols is 1. The first-order valence-electron chi connectivity index (χ1n) is 15.0. The zero-order valence-electron chi connectivity index (χ0n) is 25.2. The Morgan fingerprint density at radius 1 is 1.11 bits per heavy atom. The first-order chi connectivity index (χ1) is 22.2. The number of carbonyl (C=O) groups excluding carboxylic acids is 4. The molecule has 1 amide bonds. The number of phenolic OH excluding ortho intramolecular Hbond substituents is 1. The first kappa shape index (κ1) is 32.5. The number of carbonyl (C=O) groups is 4. The van der Waals surface area contributed by atoms with E-state index in [2.05, 4.69) is 0 Å². The molecule has 2 aromatic rings. The third-order valence-corrected chi connectivity index (χ3v) is 8.71. The number of nitrogens with zero attached hydrogens (tertiary/aromatic N) is 1. The van der Waals surface area contributed by atoms with Crippen LogP contribution in [0, 0.1) is 6.92 Å². The number of esters is 1. The normalized spacial score (nSPS) is 26.7. The van der Waals surface area contributed by atoms with Crippen LogP contribution in [0.15, 0.2) is 36.0 Å². The van der Waals surface area contributed by atoms with E-state index in [0.717, 1.165) is 0 Å². The van der Waals surface area contributed by atoms with Gasteiger partial charge in [-0.15, -0.1) is 0 Å². The molecule has 2 aromatic carbocycles. The van der Waals surface area contributed by atoms with E-state index in [1.165, 1.54) is 36.1 Å². The molecule has 3 heterocycles. The zero-order chi connectivity index (χ0) is 33.9. The fourth-order valence-electron chi connectivity index (χ4n) is 6.54. The number of ether oxygens (including phenoxy) is 3. The maximum atomic E-state index is 14.5. The Kier molecular flexibility index (Phi) is 8.26.